The zero-order valence-corrected chi connectivity index (χ0v) is 15.2. The first-order valence-corrected chi connectivity index (χ1v) is 8.71. The third-order valence-corrected chi connectivity index (χ3v) is 4.60. The van der Waals surface area contributed by atoms with Gasteiger partial charge in [-0.25, -0.2) is 14.2 Å². The first-order valence-electron chi connectivity index (χ1n) is 8.71. The molecular formula is C18H16F4N4O4. The van der Waals surface area contributed by atoms with E-state index in [1.807, 2.05) is 0 Å². The number of carbonyl (C=O) groups is 2. The first kappa shape index (κ1) is 21.4. The van der Waals surface area contributed by atoms with Gasteiger partial charge in [-0.2, -0.15) is 13.2 Å². The molecule has 3 N–H and O–H groups in total. The molecule has 1 aliphatic heterocycles. The van der Waals surface area contributed by atoms with E-state index in [0.29, 0.717) is 11.8 Å². The number of aromatic nitrogens is 2. The van der Waals surface area contributed by atoms with Crippen molar-refractivity contribution in [2.24, 2.45) is 0 Å². The van der Waals surface area contributed by atoms with Crippen LogP contribution < -0.4 is 5.32 Å². The van der Waals surface area contributed by atoms with Crippen LogP contribution in [0.25, 0.3) is 11.3 Å². The van der Waals surface area contributed by atoms with Gasteiger partial charge in [0, 0.05) is 18.7 Å². The average molecular weight is 428 g/mol. The number of aliphatic hydroxyl groups excluding tert-OH is 1. The van der Waals surface area contributed by atoms with Gasteiger partial charge in [-0.1, -0.05) is 6.07 Å². The van der Waals surface area contributed by atoms with E-state index in [9.17, 15) is 32.3 Å². The molecule has 1 aliphatic rings. The highest BCUT2D eigenvalue weighted by Gasteiger charge is 2.41. The van der Waals surface area contributed by atoms with E-state index in [1.165, 1.54) is 12.1 Å². The van der Waals surface area contributed by atoms with E-state index in [1.54, 1.807) is 0 Å². The van der Waals surface area contributed by atoms with Crippen molar-refractivity contribution >= 4 is 12.0 Å². The zero-order valence-electron chi connectivity index (χ0n) is 15.2. The fourth-order valence-corrected chi connectivity index (χ4v) is 3.09. The van der Waals surface area contributed by atoms with E-state index in [0.717, 1.165) is 17.2 Å². The number of rotatable bonds is 4. The smallest absolute Gasteiger partial charge is 0.434 e. The summed E-state index contributed by atoms with van der Waals surface area (Å²) in [6.07, 6.45) is -5.75. The highest BCUT2D eigenvalue weighted by molar-refractivity contribution is 5.86. The molecule has 0 aliphatic carbocycles. The average Bonchev–Trinajstić information content (AvgIpc) is 3.08. The lowest BCUT2D eigenvalue weighted by Crippen LogP contribution is -2.49. The van der Waals surface area contributed by atoms with Gasteiger partial charge in [0.25, 0.3) is 0 Å². The van der Waals surface area contributed by atoms with Crippen molar-refractivity contribution in [2.45, 2.75) is 31.3 Å². The molecular weight excluding hydrogens is 412 g/mol. The number of aliphatic hydroxyl groups is 1. The molecule has 160 valence electrons. The van der Waals surface area contributed by atoms with Crippen LogP contribution >= 0.6 is 0 Å². The number of nitrogens with zero attached hydrogens (tertiary/aromatic N) is 3. The van der Waals surface area contributed by atoms with Crippen molar-refractivity contribution in [3.63, 3.8) is 0 Å². The Labute approximate surface area is 167 Å². The van der Waals surface area contributed by atoms with Gasteiger partial charge < -0.3 is 15.5 Å². The van der Waals surface area contributed by atoms with E-state index in [-0.39, 0.29) is 30.8 Å². The minimum absolute atomic E-state index is 0.0157. The van der Waals surface area contributed by atoms with Crippen molar-refractivity contribution in [1.29, 1.82) is 0 Å². The van der Waals surface area contributed by atoms with Crippen LogP contribution in [0.5, 0.6) is 0 Å². The summed E-state index contributed by atoms with van der Waals surface area (Å²) in [5.74, 6) is -1.47. The van der Waals surface area contributed by atoms with E-state index >= 15 is 0 Å². The Kier molecular flexibility index (Phi) is 5.87. The molecule has 3 rings (SSSR count). The Morgan fingerprint density at radius 1 is 1.23 bits per heavy atom. The van der Waals surface area contributed by atoms with Crippen LogP contribution in [0.15, 0.2) is 30.6 Å². The molecule has 1 aromatic heterocycles. The van der Waals surface area contributed by atoms with Gasteiger partial charge >= 0.3 is 12.3 Å². The van der Waals surface area contributed by atoms with Crippen molar-refractivity contribution in [2.75, 3.05) is 6.54 Å². The maximum atomic E-state index is 14.1. The second-order valence-electron chi connectivity index (χ2n) is 6.59. The lowest BCUT2D eigenvalue weighted by molar-refractivity contribution is -0.141. The van der Waals surface area contributed by atoms with Crippen molar-refractivity contribution in [3.05, 3.63) is 47.7 Å². The molecule has 8 nitrogen and oxygen atoms in total. The van der Waals surface area contributed by atoms with E-state index in [2.05, 4.69) is 15.3 Å². The van der Waals surface area contributed by atoms with Gasteiger partial charge in [-0.15, -0.1) is 0 Å². The highest BCUT2D eigenvalue weighted by atomic mass is 19.4. The Morgan fingerprint density at radius 3 is 2.57 bits per heavy atom. The second-order valence-corrected chi connectivity index (χ2v) is 6.59. The van der Waals surface area contributed by atoms with Gasteiger partial charge in [-0.05, 0) is 24.1 Å². The fourth-order valence-electron chi connectivity index (χ4n) is 3.09. The molecule has 0 spiro atoms. The standard InChI is InChI=1S/C18H16F4N4O4/c19-11-2-1-9(5-10(11)12-7-24-14(8-23-12)18(20,21)22)6-25-16(28)15-13(27)3-4-26(15)17(29)30/h1-2,5,7-8,13,15,27H,3-4,6H2,(H,25,28)(H,29,30)/t13-,15+/m1/s1. The molecule has 2 atom stereocenters. The molecule has 12 heteroatoms. The van der Waals surface area contributed by atoms with E-state index < -0.39 is 41.8 Å². The maximum Gasteiger partial charge on any atom is 0.434 e. The van der Waals surface area contributed by atoms with Gasteiger partial charge in [0.2, 0.25) is 5.91 Å². The number of amides is 2. The maximum absolute atomic E-state index is 14.1. The van der Waals surface area contributed by atoms with Gasteiger partial charge in [0.1, 0.15) is 11.9 Å². The molecule has 1 saturated heterocycles. The SMILES string of the molecule is O=C(NCc1ccc(F)c(-c2cnc(C(F)(F)F)cn2)c1)[C@@H]1[C@H](O)CCN1C(=O)O. The second kappa shape index (κ2) is 8.22. The molecule has 2 heterocycles. The van der Waals surface area contributed by atoms with Crippen LogP contribution in [0.1, 0.15) is 17.7 Å². The lowest BCUT2D eigenvalue weighted by Gasteiger charge is -2.22. The van der Waals surface area contributed by atoms with Crippen molar-refractivity contribution in [1.82, 2.24) is 20.2 Å². The number of halogens is 4. The number of carboxylic acid groups (broad SMARTS) is 1. The van der Waals surface area contributed by atoms with Crippen LogP contribution in [-0.2, 0) is 17.5 Å². The normalized spacial score (nSPS) is 19.0. The largest absolute Gasteiger partial charge is 0.465 e. The molecule has 0 bridgehead atoms. The summed E-state index contributed by atoms with van der Waals surface area (Å²) in [7, 11) is 0. The first-order chi connectivity index (χ1) is 14.1. The van der Waals surface area contributed by atoms with E-state index in [4.69, 9.17) is 5.11 Å². The summed E-state index contributed by atoms with van der Waals surface area (Å²) in [6, 6.07) is 2.43. The molecule has 30 heavy (non-hydrogen) atoms. The monoisotopic (exact) mass is 428 g/mol. The Morgan fingerprint density at radius 2 is 1.97 bits per heavy atom. The summed E-state index contributed by atoms with van der Waals surface area (Å²) < 4.78 is 51.9. The molecule has 2 amide bonds. The molecule has 2 aromatic rings. The fraction of sp³-hybridized carbons (Fsp3) is 0.333. The van der Waals surface area contributed by atoms with Gasteiger partial charge in [0.05, 0.1) is 24.2 Å². The zero-order chi connectivity index (χ0) is 22.1. The third kappa shape index (κ3) is 4.48. The number of hydrogen-bond acceptors (Lipinski definition) is 5. The van der Waals surface area contributed by atoms with Gasteiger partial charge in [-0.3, -0.25) is 14.7 Å². The number of hydrogen-bond donors (Lipinski definition) is 3. The number of alkyl halides is 3. The summed E-state index contributed by atoms with van der Waals surface area (Å²) >= 11 is 0. The minimum atomic E-state index is -4.68. The van der Waals surface area contributed by atoms with Crippen LogP contribution in [0.3, 0.4) is 0 Å². The van der Waals surface area contributed by atoms with Crippen LogP contribution in [0.4, 0.5) is 22.4 Å². The minimum Gasteiger partial charge on any atom is -0.465 e. The predicted molar refractivity (Wildman–Crippen MR) is 93.4 cm³/mol. The van der Waals surface area contributed by atoms with Crippen molar-refractivity contribution < 1.29 is 37.4 Å². The third-order valence-electron chi connectivity index (χ3n) is 4.60. The summed E-state index contributed by atoms with van der Waals surface area (Å²) in [6.45, 7) is -0.112. The Bertz CT molecular complexity index is 952. The number of likely N-dealkylation sites (tertiary alicyclic amines) is 1. The quantitative estimate of drug-likeness (QED) is 0.642. The highest BCUT2D eigenvalue weighted by Crippen LogP contribution is 2.28. The molecule has 1 aromatic carbocycles. The number of nitrogens with one attached hydrogen (secondary N) is 1. The topological polar surface area (TPSA) is 116 Å². The molecule has 0 radical (unpaired) electrons. The summed E-state index contributed by atoms with van der Waals surface area (Å²) in [4.78, 5) is 31.2. The summed E-state index contributed by atoms with van der Waals surface area (Å²) in [5, 5.41) is 21.5. The predicted octanol–water partition coefficient (Wildman–Crippen LogP) is 2.03. The van der Waals surface area contributed by atoms with Crippen LogP contribution in [0.2, 0.25) is 0 Å². The van der Waals surface area contributed by atoms with Crippen molar-refractivity contribution in [3.8, 4) is 11.3 Å². The Hall–Kier alpha value is -3.28. The lowest BCUT2D eigenvalue weighted by atomic mass is 10.1. The van der Waals surface area contributed by atoms with Crippen LogP contribution in [-0.4, -0.2) is 55.8 Å². The van der Waals surface area contributed by atoms with Gasteiger partial charge in [0.15, 0.2) is 5.69 Å². The Balaban J connectivity index is 1.74. The molecule has 0 unspecified atom stereocenters. The summed E-state index contributed by atoms with van der Waals surface area (Å²) in [5.41, 5.74) is -1.07. The molecule has 0 saturated carbocycles. The van der Waals surface area contributed by atoms with Crippen LogP contribution in [0, 0.1) is 5.82 Å². The number of carbonyl (C=O) groups excluding carboxylic acids is 1. The number of benzene rings is 1. The molecule has 1 fully saturated rings.